The third-order valence-electron chi connectivity index (χ3n) is 16.1. The van der Waals surface area contributed by atoms with Crippen LogP contribution in [0.1, 0.15) is 223 Å². The van der Waals surface area contributed by atoms with Gasteiger partial charge >= 0.3 is 19.8 Å². The summed E-state index contributed by atoms with van der Waals surface area (Å²) in [4.78, 5) is 53.1. The quantitative estimate of drug-likeness (QED) is 0.0308. The van der Waals surface area contributed by atoms with Crippen LogP contribution in [0.15, 0.2) is 106 Å². The third-order valence-corrected chi connectivity index (χ3v) is 17.1. The fourth-order valence-electron chi connectivity index (χ4n) is 11.5. The highest BCUT2D eigenvalue weighted by Gasteiger charge is 2.42. The first kappa shape index (κ1) is 62.7. The molecule has 0 aromatic heterocycles. The van der Waals surface area contributed by atoms with Crippen LogP contribution in [0.25, 0.3) is 0 Å². The molecule has 0 saturated carbocycles. The van der Waals surface area contributed by atoms with Crippen molar-refractivity contribution >= 4 is 36.9 Å². The van der Waals surface area contributed by atoms with Crippen molar-refractivity contribution in [1.29, 1.82) is 0 Å². The zero-order chi connectivity index (χ0) is 56.2. The van der Waals surface area contributed by atoms with Crippen LogP contribution >= 0.6 is 7.82 Å². The van der Waals surface area contributed by atoms with E-state index in [1.807, 2.05) is 13.0 Å². The molecule has 5 heterocycles. The van der Waals surface area contributed by atoms with Crippen molar-refractivity contribution in [2.75, 3.05) is 26.4 Å². The van der Waals surface area contributed by atoms with Crippen molar-refractivity contribution in [3.63, 3.8) is 0 Å². The van der Waals surface area contributed by atoms with Gasteiger partial charge in [-0.25, -0.2) is 19.5 Å². The molecule has 5 atom stereocenters. The van der Waals surface area contributed by atoms with Crippen molar-refractivity contribution in [1.82, 2.24) is 5.32 Å². The highest BCUT2D eigenvalue weighted by Crippen LogP contribution is 2.47. The molecule has 14 nitrogen and oxygen atoms in total. The van der Waals surface area contributed by atoms with Crippen molar-refractivity contribution < 1.29 is 47.4 Å². The number of unbranched alkanes of at least 4 members (excludes halogenated alkanes) is 17. The molecule has 8 bridgehead atoms. The number of phosphoric ester groups is 1. The molecule has 1 aliphatic carbocycles. The Hall–Kier alpha value is -4.46. The summed E-state index contributed by atoms with van der Waals surface area (Å²) in [5.74, 6) is -1.13. The van der Waals surface area contributed by atoms with Gasteiger partial charge in [-0.15, -0.1) is 0 Å². The molecule has 5 aliphatic heterocycles. The molecule has 6 aliphatic rings. The van der Waals surface area contributed by atoms with E-state index in [-0.39, 0.29) is 56.2 Å². The fourth-order valence-corrected chi connectivity index (χ4v) is 12.3. The lowest BCUT2D eigenvalue weighted by atomic mass is 9.86. The highest BCUT2D eigenvalue weighted by atomic mass is 31.2. The summed E-state index contributed by atoms with van der Waals surface area (Å²) in [5.41, 5.74) is 13.3. The van der Waals surface area contributed by atoms with E-state index >= 15 is 0 Å². The Morgan fingerprint density at radius 2 is 1.32 bits per heavy atom. The van der Waals surface area contributed by atoms with Crippen molar-refractivity contribution in [2.45, 2.75) is 235 Å². The van der Waals surface area contributed by atoms with E-state index in [2.05, 4.69) is 65.9 Å². The predicted molar refractivity (Wildman–Crippen MR) is 313 cm³/mol. The van der Waals surface area contributed by atoms with Gasteiger partial charge in [0.2, 0.25) is 0 Å². The lowest BCUT2D eigenvalue weighted by Crippen LogP contribution is -2.30. The lowest BCUT2D eigenvalue weighted by molar-refractivity contribution is -0.161. The normalized spacial score (nSPS) is 20.4. The topological polar surface area (TPSA) is 187 Å². The molecular formula is C63H95N4O10P. The maximum Gasteiger partial charge on any atom is 0.472 e. The van der Waals surface area contributed by atoms with E-state index < -0.39 is 32.5 Å². The third kappa shape index (κ3) is 17.5. The van der Waals surface area contributed by atoms with Gasteiger partial charge in [0.25, 0.3) is 0 Å². The SMILES string of the molecule is CCCCCCCCCCCCCCCC(=O)OCC(COP(=O)(O)OCCC)OC(=O)CCC1C2=C3CC(O)=C4C3=NC(=C4C)C=C3N=C(C=C4N=C(C=C(N2)C1C)C(C)=C4C(C)OCCCCCCCC)C(C)=C3CC. The minimum atomic E-state index is -4.47. The fraction of sp³-hybridized carbons (Fsp3) is 0.667. The molecule has 0 spiro atoms. The number of carbonyl (C=O) groups is 2. The molecule has 3 N–H and O–H groups in total. The first-order chi connectivity index (χ1) is 37.6. The summed E-state index contributed by atoms with van der Waals surface area (Å²) in [6, 6.07) is 0. The van der Waals surface area contributed by atoms with Crippen LogP contribution in [-0.4, -0.2) is 77.7 Å². The van der Waals surface area contributed by atoms with Crippen LogP contribution < -0.4 is 5.32 Å². The summed E-state index contributed by atoms with van der Waals surface area (Å²) in [7, 11) is -4.47. The van der Waals surface area contributed by atoms with Gasteiger partial charge in [-0.2, -0.15) is 0 Å². The summed E-state index contributed by atoms with van der Waals surface area (Å²) in [6.07, 6.45) is 29.5. The minimum absolute atomic E-state index is 0.00532. The molecule has 78 heavy (non-hydrogen) atoms. The van der Waals surface area contributed by atoms with Crippen LogP contribution in [0.3, 0.4) is 0 Å². The Kier molecular flexibility index (Phi) is 25.3. The van der Waals surface area contributed by atoms with Gasteiger partial charge in [-0.05, 0) is 100 Å². The molecule has 0 aromatic carbocycles. The van der Waals surface area contributed by atoms with Gasteiger partial charge < -0.3 is 29.5 Å². The number of aliphatic hydroxyl groups is 1. The summed E-state index contributed by atoms with van der Waals surface area (Å²) in [6.45, 7) is 18.7. The zero-order valence-corrected chi connectivity index (χ0v) is 49.9. The number of esters is 2. The molecule has 6 rings (SSSR count). The number of ether oxygens (including phenoxy) is 3. The molecule has 1 saturated heterocycles. The van der Waals surface area contributed by atoms with Crippen LogP contribution in [0, 0.1) is 11.8 Å². The average molecular weight is 1100 g/mol. The first-order valence-corrected chi connectivity index (χ1v) is 31.7. The summed E-state index contributed by atoms with van der Waals surface area (Å²) >= 11 is 0. The Bertz CT molecular complexity index is 2540. The van der Waals surface area contributed by atoms with Crippen LogP contribution in [0.4, 0.5) is 0 Å². The van der Waals surface area contributed by atoms with Crippen LogP contribution in [0.2, 0.25) is 0 Å². The van der Waals surface area contributed by atoms with E-state index in [4.69, 9.17) is 38.2 Å². The number of rotatable bonds is 36. The number of nitrogens with one attached hydrogen (secondary N) is 1. The van der Waals surface area contributed by atoms with Crippen molar-refractivity contribution in [3.8, 4) is 0 Å². The largest absolute Gasteiger partial charge is 0.511 e. The Balaban J connectivity index is 1.18. The van der Waals surface area contributed by atoms with Gasteiger partial charge in [0.05, 0.1) is 53.5 Å². The Morgan fingerprint density at radius 3 is 1.96 bits per heavy atom. The summed E-state index contributed by atoms with van der Waals surface area (Å²) in [5, 5.41) is 15.5. The predicted octanol–water partition coefficient (Wildman–Crippen LogP) is 15.7. The van der Waals surface area contributed by atoms with Crippen LogP contribution in [0.5, 0.6) is 0 Å². The highest BCUT2D eigenvalue weighted by molar-refractivity contribution is 7.47. The Morgan fingerprint density at radius 1 is 0.705 bits per heavy atom. The Labute approximate surface area is 467 Å². The van der Waals surface area contributed by atoms with Gasteiger partial charge in [0, 0.05) is 65.8 Å². The molecule has 0 aromatic rings. The molecule has 1 fully saturated rings. The zero-order valence-electron chi connectivity index (χ0n) is 49.0. The standard InChI is InChI=1S/C63H95N4O10P/c1-10-14-16-18-20-21-22-23-24-25-26-27-29-31-58(69)74-40-47(41-76-78(71,72)75-34-12-3)77-59(70)33-32-49-43(6)52-37-53-44(7)60(46(9)73-35-30-28-19-17-15-11-2)56(65-53)39-51-42(5)48(13-4)55(64-51)38-54-45(8)61-57(68)36-50(62(49)66-52)63(61)67-54/h37-39,43,46-47,49,66,68H,10-36,40-41H2,1-9H3,(H,71,72). The second-order valence-corrected chi connectivity index (χ2v) is 23.7. The number of aliphatic imine (C=N–C) groups is 3. The van der Waals surface area contributed by atoms with Gasteiger partial charge in [-0.3, -0.25) is 18.6 Å². The molecule has 0 radical (unpaired) electrons. The maximum absolute atomic E-state index is 14.0. The van der Waals surface area contributed by atoms with E-state index in [1.165, 1.54) is 83.5 Å². The second kappa shape index (κ2) is 31.5. The molecule has 432 valence electrons. The van der Waals surface area contributed by atoms with Crippen molar-refractivity contribution in [2.24, 2.45) is 26.8 Å². The minimum Gasteiger partial charge on any atom is -0.511 e. The number of aliphatic hydroxyl groups excluding tert-OH is 1. The second-order valence-electron chi connectivity index (χ2n) is 22.2. The van der Waals surface area contributed by atoms with Crippen molar-refractivity contribution in [3.05, 3.63) is 91.5 Å². The molecule has 0 amide bonds. The smallest absolute Gasteiger partial charge is 0.472 e. The van der Waals surface area contributed by atoms with Crippen LogP contribution in [-0.2, 0) is 37.4 Å². The number of hydrogen-bond donors (Lipinski definition) is 3. The first-order valence-electron chi connectivity index (χ1n) is 30.2. The van der Waals surface area contributed by atoms with E-state index in [0.717, 1.165) is 117 Å². The number of nitrogens with zero attached hydrogens (tertiary/aromatic N) is 3. The number of phosphoric acid groups is 1. The average Bonchev–Trinajstić information content (AvgIpc) is 4.38. The van der Waals surface area contributed by atoms with Gasteiger partial charge in [-0.1, -0.05) is 144 Å². The molecule has 5 unspecified atom stereocenters. The molecular weight excluding hydrogens is 1000 g/mol. The number of allylic oxidation sites excluding steroid dienone is 11. The van der Waals surface area contributed by atoms with Gasteiger partial charge in [0.1, 0.15) is 12.4 Å². The van der Waals surface area contributed by atoms with Gasteiger partial charge in [0.15, 0.2) is 6.10 Å². The van der Waals surface area contributed by atoms with E-state index in [0.29, 0.717) is 31.6 Å². The number of fused-ring (bicyclic) bond motifs is 5. The lowest BCUT2D eigenvalue weighted by Gasteiger charge is -2.21. The summed E-state index contributed by atoms with van der Waals surface area (Å²) < 4.78 is 41.2. The number of hydrogen-bond acceptors (Lipinski definition) is 13. The monoisotopic (exact) mass is 1100 g/mol. The van der Waals surface area contributed by atoms with E-state index in [9.17, 15) is 24.2 Å². The van der Waals surface area contributed by atoms with E-state index in [1.54, 1.807) is 6.92 Å². The molecule has 15 heteroatoms. The maximum atomic E-state index is 14.0. The number of carbonyl (C=O) groups excluding carboxylic acids is 2.